The predicted octanol–water partition coefficient (Wildman–Crippen LogP) is 12.2. The second kappa shape index (κ2) is 12.7. The number of rotatable bonds is 6. The highest BCUT2D eigenvalue weighted by Crippen LogP contribution is 2.35. The Balaban J connectivity index is 1.13. The quantitative estimate of drug-likeness (QED) is 0.182. The summed E-state index contributed by atoms with van der Waals surface area (Å²) in [6.07, 6.45) is 0. The van der Waals surface area contributed by atoms with Crippen LogP contribution in [0.3, 0.4) is 0 Å². The van der Waals surface area contributed by atoms with Gasteiger partial charge in [0.05, 0.1) is 0 Å². The molecule has 8 aromatic carbocycles. The van der Waals surface area contributed by atoms with E-state index < -0.39 is 0 Å². The third-order valence-corrected chi connectivity index (χ3v) is 9.34. The average molecular weight is 638 g/mol. The lowest BCUT2D eigenvalue weighted by atomic mass is 9.94. The van der Waals surface area contributed by atoms with E-state index in [0.29, 0.717) is 17.5 Å². The van der Waals surface area contributed by atoms with Crippen molar-refractivity contribution in [2.75, 3.05) is 0 Å². The van der Waals surface area contributed by atoms with Crippen molar-refractivity contribution in [2.24, 2.45) is 0 Å². The number of aromatic nitrogens is 3. The van der Waals surface area contributed by atoms with E-state index in [1.54, 1.807) is 0 Å². The zero-order chi connectivity index (χ0) is 33.3. The Morgan fingerprint density at radius 3 is 1.46 bits per heavy atom. The molecular formula is C47H31N3. The molecule has 1 aromatic heterocycles. The van der Waals surface area contributed by atoms with Crippen molar-refractivity contribution in [3.05, 3.63) is 188 Å². The fourth-order valence-electron chi connectivity index (χ4n) is 6.77. The highest BCUT2D eigenvalue weighted by atomic mass is 15.0. The Morgan fingerprint density at radius 1 is 0.240 bits per heavy atom. The van der Waals surface area contributed by atoms with E-state index in [-0.39, 0.29) is 0 Å². The molecule has 0 saturated carbocycles. The maximum atomic E-state index is 5.13. The topological polar surface area (TPSA) is 38.7 Å². The summed E-state index contributed by atoms with van der Waals surface area (Å²) in [6.45, 7) is 0. The van der Waals surface area contributed by atoms with Crippen molar-refractivity contribution in [1.29, 1.82) is 0 Å². The molecule has 0 unspecified atom stereocenters. The van der Waals surface area contributed by atoms with E-state index in [2.05, 4.69) is 152 Å². The molecule has 1 heterocycles. The number of hydrogen-bond acceptors (Lipinski definition) is 3. The minimum absolute atomic E-state index is 0.641. The van der Waals surface area contributed by atoms with E-state index in [1.165, 1.54) is 38.4 Å². The Hall–Kier alpha value is -6.71. The summed E-state index contributed by atoms with van der Waals surface area (Å²) in [5, 5.41) is 4.80. The first-order chi connectivity index (χ1) is 24.8. The van der Waals surface area contributed by atoms with Crippen molar-refractivity contribution >= 4 is 21.5 Å². The van der Waals surface area contributed by atoms with Crippen LogP contribution in [0.2, 0.25) is 0 Å². The SMILES string of the molecule is c1ccc(-c2ccc3cc(-c4nc(-c5ccccc5)nc(-c5ccccc5-c5ccc(-c6cccc7ccccc67)cc5)n4)ccc3c2)cc1. The van der Waals surface area contributed by atoms with Gasteiger partial charge in [-0.15, -0.1) is 0 Å². The van der Waals surface area contributed by atoms with Crippen LogP contribution in [0.4, 0.5) is 0 Å². The molecule has 3 nitrogen and oxygen atoms in total. The van der Waals surface area contributed by atoms with E-state index in [0.717, 1.165) is 33.2 Å². The highest BCUT2D eigenvalue weighted by molar-refractivity contribution is 5.97. The van der Waals surface area contributed by atoms with Crippen LogP contribution in [0.1, 0.15) is 0 Å². The molecule has 50 heavy (non-hydrogen) atoms. The van der Waals surface area contributed by atoms with Gasteiger partial charge in [-0.05, 0) is 67.1 Å². The first kappa shape index (κ1) is 29.4. The molecule has 0 N–H and O–H groups in total. The molecule has 234 valence electrons. The first-order valence-corrected chi connectivity index (χ1v) is 16.9. The van der Waals surface area contributed by atoms with E-state index in [1.807, 2.05) is 36.4 Å². The van der Waals surface area contributed by atoms with Crippen LogP contribution in [-0.4, -0.2) is 15.0 Å². The molecule has 0 aliphatic carbocycles. The van der Waals surface area contributed by atoms with Crippen LogP contribution in [0.5, 0.6) is 0 Å². The van der Waals surface area contributed by atoms with Crippen LogP contribution in [0.15, 0.2) is 188 Å². The van der Waals surface area contributed by atoms with Gasteiger partial charge in [0.1, 0.15) is 0 Å². The van der Waals surface area contributed by atoms with Crippen LogP contribution in [0, 0.1) is 0 Å². The number of fused-ring (bicyclic) bond motifs is 2. The largest absolute Gasteiger partial charge is 0.208 e. The summed E-state index contributed by atoms with van der Waals surface area (Å²) in [4.78, 5) is 15.2. The third-order valence-electron chi connectivity index (χ3n) is 9.34. The van der Waals surface area contributed by atoms with Gasteiger partial charge < -0.3 is 0 Å². The van der Waals surface area contributed by atoms with E-state index >= 15 is 0 Å². The Kier molecular flexibility index (Phi) is 7.49. The summed E-state index contributed by atoms with van der Waals surface area (Å²) in [5.74, 6) is 1.93. The van der Waals surface area contributed by atoms with Crippen molar-refractivity contribution < 1.29 is 0 Å². The second-order valence-electron chi connectivity index (χ2n) is 12.5. The molecule has 9 aromatic rings. The average Bonchev–Trinajstić information content (AvgIpc) is 3.21. The molecule has 0 amide bonds. The highest BCUT2D eigenvalue weighted by Gasteiger charge is 2.16. The van der Waals surface area contributed by atoms with Gasteiger partial charge in [-0.2, -0.15) is 0 Å². The molecule has 0 aliphatic rings. The van der Waals surface area contributed by atoms with Gasteiger partial charge in [0, 0.05) is 16.7 Å². The van der Waals surface area contributed by atoms with Crippen molar-refractivity contribution in [3.63, 3.8) is 0 Å². The van der Waals surface area contributed by atoms with E-state index in [9.17, 15) is 0 Å². The first-order valence-electron chi connectivity index (χ1n) is 16.9. The van der Waals surface area contributed by atoms with Crippen molar-refractivity contribution in [1.82, 2.24) is 15.0 Å². The molecule has 9 rings (SSSR count). The molecule has 0 bridgehead atoms. The van der Waals surface area contributed by atoms with Gasteiger partial charge in [0.15, 0.2) is 17.5 Å². The fourth-order valence-corrected chi connectivity index (χ4v) is 6.77. The van der Waals surface area contributed by atoms with Crippen molar-refractivity contribution in [2.45, 2.75) is 0 Å². The predicted molar refractivity (Wildman–Crippen MR) is 207 cm³/mol. The lowest BCUT2D eigenvalue weighted by Crippen LogP contribution is -2.01. The summed E-state index contributed by atoms with van der Waals surface area (Å²) in [5.41, 5.74) is 9.84. The number of hydrogen-bond donors (Lipinski definition) is 0. The van der Waals surface area contributed by atoms with Crippen molar-refractivity contribution in [3.8, 4) is 67.5 Å². The van der Waals surface area contributed by atoms with Gasteiger partial charge in [-0.25, -0.2) is 15.0 Å². The van der Waals surface area contributed by atoms with Gasteiger partial charge in [-0.1, -0.05) is 176 Å². The molecule has 3 heteroatoms. The summed E-state index contributed by atoms with van der Waals surface area (Å²) in [7, 11) is 0. The van der Waals surface area contributed by atoms with Crippen LogP contribution >= 0.6 is 0 Å². The summed E-state index contributed by atoms with van der Waals surface area (Å²) < 4.78 is 0. The van der Waals surface area contributed by atoms with Crippen LogP contribution in [0.25, 0.3) is 89.1 Å². The van der Waals surface area contributed by atoms with E-state index in [4.69, 9.17) is 15.0 Å². The molecule has 0 atom stereocenters. The van der Waals surface area contributed by atoms with Gasteiger partial charge in [0.2, 0.25) is 0 Å². The Bertz CT molecular complexity index is 2620. The smallest absolute Gasteiger partial charge is 0.164 e. The molecule has 0 saturated heterocycles. The molecule has 0 radical (unpaired) electrons. The van der Waals surface area contributed by atoms with Crippen LogP contribution < -0.4 is 0 Å². The normalized spacial score (nSPS) is 11.2. The standard InChI is InChI=1S/C47H31N3/c1-3-12-32(13-4-1)37-26-27-39-31-40(29-28-38(39)30-37)46-48-45(36-15-5-2-6-16-36)49-47(50-46)44-20-10-9-19-43(44)35-24-22-34(23-25-35)42-21-11-17-33-14-7-8-18-41(33)42/h1-31H. The Morgan fingerprint density at radius 2 is 0.720 bits per heavy atom. The number of nitrogens with zero attached hydrogens (tertiary/aromatic N) is 3. The molecular weight excluding hydrogens is 607 g/mol. The third kappa shape index (κ3) is 5.61. The number of benzene rings is 8. The summed E-state index contributed by atoms with van der Waals surface area (Å²) in [6, 6.07) is 65.9. The molecule has 0 spiro atoms. The zero-order valence-electron chi connectivity index (χ0n) is 27.2. The monoisotopic (exact) mass is 637 g/mol. The molecule has 0 fully saturated rings. The van der Waals surface area contributed by atoms with Gasteiger partial charge in [0.25, 0.3) is 0 Å². The lowest BCUT2D eigenvalue weighted by molar-refractivity contribution is 1.07. The minimum Gasteiger partial charge on any atom is -0.208 e. The maximum absolute atomic E-state index is 5.13. The lowest BCUT2D eigenvalue weighted by Gasteiger charge is -2.13. The second-order valence-corrected chi connectivity index (χ2v) is 12.5. The maximum Gasteiger partial charge on any atom is 0.164 e. The Labute approximate surface area is 291 Å². The fraction of sp³-hybridized carbons (Fsp3) is 0. The van der Waals surface area contributed by atoms with Gasteiger partial charge >= 0.3 is 0 Å². The van der Waals surface area contributed by atoms with Gasteiger partial charge in [-0.3, -0.25) is 0 Å². The van der Waals surface area contributed by atoms with Crippen LogP contribution in [-0.2, 0) is 0 Å². The molecule has 0 aliphatic heterocycles. The minimum atomic E-state index is 0.641. The summed E-state index contributed by atoms with van der Waals surface area (Å²) >= 11 is 0. The zero-order valence-corrected chi connectivity index (χ0v) is 27.2.